The summed E-state index contributed by atoms with van der Waals surface area (Å²) >= 11 is 0. The third-order valence-corrected chi connectivity index (χ3v) is 1.93. The maximum absolute atomic E-state index is 11.3. The Morgan fingerprint density at radius 2 is 1.87 bits per heavy atom. The molecule has 0 aliphatic heterocycles. The second-order valence-corrected chi connectivity index (χ2v) is 3.48. The van der Waals surface area contributed by atoms with Crippen LogP contribution in [-0.2, 0) is 9.59 Å². The molecule has 2 amide bonds. The molecule has 0 bridgehead atoms. The van der Waals surface area contributed by atoms with Crippen molar-refractivity contribution < 1.29 is 9.59 Å². The predicted octanol–water partition coefficient (Wildman–Crippen LogP) is -0.244. The van der Waals surface area contributed by atoms with Gasteiger partial charge in [0, 0.05) is 19.0 Å². The van der Waals surface area contributed by atoms with Gasteiger partial charge in [-0.1, -0.05) is 13.3 Å². The van der Waals surface area contributed by atoms with E-state index >= 15 is 0 Å². The zero-order valence-electron chi connectivity index (χ0n) is 9.51. The van der Waals surface area contributed by atoms with Crippen molar-refractivity contribution in [1.29, 1.82) is 0 Å². The van der Waals surface area contributed by atoms with E-state index < -0.39 is 0 Å². The molecule has 0 rings (SSSR count). The van der Waals surface area contributed by atoms with Gasteiger partial charge in [-0.15, -0.1) is 0 Å². The van der Waals surface area contributed by atoms with Gasteiger partial charge in [-0.3, -0.25) is 9.59 Å². The fraction of sp³-hybridized carbons (Fsp3) is 0.800. The van der Waals surface area contributed by atoms with E-state index in [-0.39, 0.29) is 30.8 Å². The lowest BCUT2D eigenvalue weighted by atomic mass is 10.1. The van der Waals surface area contributed by atoms with Gasteiger partial charge in [0.05, 0.1) is 6.54 Å². The van der Waals surface area contributed by atoms with Crippen molar-refractivity contribution in [3.8, 4) is 0 Å². The molecule has 1 unspecified atom stereocenters. The van der Waals surface area contributed by atoms with Crippen molar-refractivity contribution in [2.75, 3.05) is 13.1 Å². The highest BCUT2D eigenvalue weighted by atomic mass is 16.2. The number of hydrogen-bond acceptors (Lipinski definition) is 3. The fourth-order valence-electron chi connectivity index (χ4n) is 1.22. The summed E-state index contributed by atoms with van der Waals surface area (Å²) in [4.78, 5) is 22.3. The molecule has 0 heterocycles. The summed E-state index contributed by atoms with van der Waals surface area (Å²) in [6, 6.07) is -0.107. The number of hydrogen-bond donors (Lipinski definition) is 3. The molecular weight excluding hydrogens is 194 g/mol. The van der Waals surface area contributed by atoms with Crippen molar-refractivity contribution in [2.24, 2.45) is 5.73 Å². The number of carbonyl (C=O) groups excluding carboxylic acids is 2. The van der Waals surface area contributed by atoms with Crippen molar-refractivity contribution in [1.82, 2.24) is 10.6 Å². The van der Waals surface area contributed by atoms with Gasteiger partial charge in [0.15, 0.2) is 0 Å². The van der Waals surface area contributed by atoms with Crippen LogP contribution >= 0.6 is 0 Å². The first-order chi connectivity index (χ1) is 7.10. The Hall–Kier alpha value is -1.10. The van der Waals surface area contributed by atoms with Gasteiger partial charge >= 0.3 is 0 Å². The Morgan fingerprint density at radius 3 is 2.40 bits per heavy atom. The Morgan fingerprint density at radius 1 is 1.20 bits per heavy atom. The van der Waals surface area contributed by atoms with Crippen LogP contribution in [0.15, 0.2) is 0 Å². The lowest BCUT2D eigenvalue weighted by Crippen LogP contribution is -2.39. The molecule has 0 saturated heterocycles. The zero-order chi connectivity index (χ0) is 11.7. The summed E-state index contributed by atoms with van der Waals surface area (Å²) < 4.78 is 0. The van der Waals surface area contributed by atoms with Crippen LogP contribution in [0.1, 0.15) is 33.1 Å². The van der Waals surface area contributed by atoms with E-state index in [0.717, 1.165) is 12.8 Å². The van der Waals surface area contributed by atoms with Gasteiger partial charge < -0.3 is 16.4 Å². The molecule has 0 aromatic rings. The predicted molar refractivity (Wildman–Crippen MR) is 59.2 cm³/mol. The van der Waals surface area contributed by atoms with Gasteiger partial charge in [0.1, 0.15) is 0 Å². The van der Waals surface area contributed by atoms with Crippen molar-refractivity contribution in [2.45, 2.75) is 39.2 Å². The minimum atomic E-state index is -0.171. The first-order valence-corrected chi connectivity index (χ1v) is 5.39. The van der Waals surface area contributed by atoms with Crippen LogP contribution in [0.5, 0.6) is 0 Å². The Kier molecular flexibility index (Phi) is 7.62. The van der Waals surface area contributed by atoms with Crippen LogP contribution in [-0.4, -0.2) is 30.9 Å². The molecule has 5 heteroatoms. The number of likely N-dealkylation sites (N-methyl/N-ethyl adjacent to an activating group) is 1. The van der Waals surface area contributed by atoms with Crippen molar-refractivity contribution in [3.63, 3.8) is 0 Å². The molecule has 0 aliphatic carbocycles. The highest BCUT2D eigenvalue weighted by Crippen LogP contribution is 1.97. The molecule has 0 saturated carbocycles. The Labute approximate surface area is 90.8 Å². The lowest BCUT2D eigenvalue weighted by Gasteiger charge is -2.10. The van der Waals surface area contributed by atoms with Gasteiger partial charge in [0.2, 0.25) is 11.8 Å². The van der Waals surface area contributed by atoms with Gasteiger partial charge in [-0.25, -0.2) is 0 Å². The molecule has 0 radical (unpaired) electrons. The van der Waals surface area contributed by atoms with Crippen LogP contribution in [0.2, 0.25) is 0 Å². The number of nitrogens with one attached hydrogen (secondary N) is 2. The monoisotopic (exact) mass is 215 g/mol. The van der Waals surface area contributed by atoms with Crippen LogP contribution in [0.4, 0.5) is 0 Å². The van der Waals surface area contributed by atoms with E-state index in [9.17, 15) is 9.59 Å². The van der Waals surface area contributed by atoms with Crippen LogP contribution < -0.4 is 16.4 Å². The Balaban J connectivity index is 3.61. The lowest BCUT2D eigenvalue weighted by molar-refractivity contribution is -0.126. The van der Waals surface area contributed by atoms with Crippen molar-refractivity contribution in [3.05, 3.63) is 0 Å². The molecule has 0 aliphatic rings. The molecule has 0 aromatic heterocycles. The Bertz CT molecular complexity index is 207. The standard InChI is InChI=1S/C10H21N3O2/c1-3-5-8(11)6-9(14)13-7-10(15)12-4-2/h8H,3-7,11H2,1-2H3,(H,12,15)(H,13,14). The molecule has 0 fully saturated rings. The summed E-state index contributed by atoms with van der Waals surface area (Å²) in [5.74, 6) is -0.336. The molecular formula is C10H21N3O2. The summed E-state index contributed by atoms with van der Waals surface area (Å²) in [6.07, 6.45) is 2.08. The average Bonchev–Trinajstić information content (AvgIpc) is 2.15. The van der Waals surface area contributed by atoms with E-state index in [1.54, 1.807) is 0 Å². The van der Waals surface area contributed by atoms with Gasteiger partial charge in [-0.05, 0) is 13.3 Å². The van der Waals surface area contributed by atoms with E-state index in [1.807, 2.05) is 13.8 Å². The number of rotatable bonds is 7. The normalized spacial score (nSPS) is 11.9. The summed E-state index contributed by atoms with van der Waals surface area (Å²) in [5.41, 5.74) is 5.69. The smallest absolute Gasteiger partial charge is 0.239 e. The highest BCUT2D eigenvalue weighted by Gasteiger charge is 2.09. The SMILES string of the molecule is CCCC(N)CC(=O)NCC(=O)NCC. The first kappa shape index (κ1) is 13.9. The fourth-order valence-corrected chi connectivity index (χ4v) is 1.22. The first-order valence-electron chi connectivity index (χ1n) is 5.39. The highest BCUT2D eigenvalue weighted by molar-refractivity contribution is 5.84. The number of nitrogens with two attached hydrogens (primary N) is 1. The molecule has 1 atom stereocenters. The van der Waals surface area contributed by atoms with Gasteiger partial charge in [0.25, 0.3) is 0 Å². The second kappa shape index (κ2) is 8.23. The molecule has 15 heavy (non-hydrogen) atoms. The third kappa shape index (κ3) is 7.93. The zero-order valence-corrected chi connectivity index (χ0v) is 9.51. The molecule has 4 N–H and O–H groups in total. The van der Waals surface area contributed by atoms with Crippen molar-refractivity contribution >= 4 is 11.8 Å². The summed E-state index contributed by atoms with van der Waals surface area (Å²) in [5, 5.41) is 5.12. The minimum absolute atomic E-state index is 0.0333. The molecule has 0 spiro atoms. The van der Waals surface area contributed by atoms with E-state index in [1.165, 1.54) is 0 Å². The minimum Gasteiger partial charge on any atom is -0.355 e. The largest absolute Gasteiger partial charge is 0.355 e. The number of carbonyl (C=O) groups is 2. The van der Waals surface area contributed by atoms with Crippen LogP contribution in [0.3, 0.4) is 0 Å². The quantitative estimate of drug-likeness (QED) is 0.548. The summed E-state index contributed by atoms with van der Waals surface area (Å²) in [6.45, 7) is 4.46. The summed E-state index contributed by atoms with van der Waals surface area (Å²) in [7, 11) is 0. The molecule has 5 nitrogen and oxygen atoms in total. The van der Waals surface area contributed by atoms with E-state index in [4.69, 9.17) is 5.73 Å². The molecule has 0 aromatic carbocycles. The molecule has 88 valence electrons. The number of amides is 2. The van der Waals surface area contributed by atoms with Crippen LogP contribution in [0.25, 0.3) is 0 Å². The van der Waals surface area contributed by atoms with E-state index in [0.29, 0.717) is 6.54 Å². The second-order valence-electron chi connectivity index (χ2n) is 3.48. The van der Waals surface area contributed by atoms with E-state index in [2.05, 4.69) is 10.6 Å². The topological polar surface area (TPSA) is 84.2 Å². The van der Waals surface area contributed by atoms with Gasteiger partial charge in [-0.2, -0.15) is 0 Å². The average molecular weight is 215 g/mol. The van der Waals surface area contributed by atoms with Crippen LogP contribution in [0, 0.1) is 0 Å². The maximum Gasteiger partial charge on any atom is 0.239 e. The third-order valence-electron chi connectivity index (χ3n) is 1.93. The maximum atomic E-state index is 11.3.